The first-order valence-electron chi connectivity index (χ1n) is 4.56. The summed E-state index contributed by atoms with van der Waals surface area (Å²) in [6.07, 6.45) is -0.693. The Hall–Kier alpha value is 0.610. The van der Waals surface area contributed by atoms with E-state index in [1.54, 1.807) is 12.1 Å². The number of aliphatic hydroxyl groups excluding tert-OH is 1. The lowest BCUT2D eigenvalue weighted by Crippen LogP contribution is -1.98. The van der Waals surface area contributed by atoms with Crippen LogP contribution in [0.4, 0.5) is 0 Å². The molecule has 0 aliphatic heterocycles. The van der Waals surface area contributed by atoms with E-state index < -0.39 is 6.10 Å². The van der Waals surface area contributed by atoms with Gasteiger partial charge in [-0.2, -0.15) is 0 Å². The van der Waals surface area contributed by atoms with Crippen LogP contribution in [-0.4, -0.2) is 5.11 Å². The van der Waals surface area contributed by atoms with Gasteiger partial charge in [-0.1, -0.05) is 27.5 Å². The number of halogens is 4. The lowest BCUT2D eigenvalue weighted by atomic mass is 10.0. The summed E-state index contributed by atoms with van der Waals surface area (Å²) < 4.78 is 2.73. The largest absolute Gasteiger partial charge is 0.384 e. The molecule has 0 bridgehead atoms. The zero-order chi connectivity index (χ0) is 12.6. The normalized spacial score (nSPS) is 12.8. The molecule has 0 aliphatic rings. The first-order valence-corrected chi connectivity index (χ1v) is 8.13. The van der Waals surface area contributed by atoms with Crippen LogP contribution in [0, 0.1) is 0 Å². The van der Waals surface area contributed by atoms with Crippen molar-refractivity contribution in [2.24, 2.45) is 0 Å². The molecule has 2 rings (SSSR count). The van der Waals surface area contributed by atoms with Crippen molar-refractivity contribution in [1.29, 1.82) is 0 Å². The highest BCUT2D eigenvalue weighted by Crippen LogP contribution is 2.38. The number of hydrogen-bond acceptors (Lipinski definition) is 2. The summed E-state index contributed by atoms with van der Waals surface area (Å²) in [7, 11) is 0. The topological polar surface area (TPSA) is 20.2 Å². The third-order valence-corrected chi connectivity index (χ3v) is 5.24. The van der Waals surface area contributed by atoms with Crippen molar-refractivity contribution in [3.63, 3.8) is 0 Å². The van der Waals surface area contributed by atoms with Crippen LogP contribution >= 0.6 is 70.7 Å². The van der Waals surface area contributed by atoms with Gasteiger partial charge in [-0.3, -0.25) is 0 Å². The molecule has 0 amide bonds. The van der Waals surface area contributed by atoms with Crippen LogP contribution < -0.4 is 0 Å². The molecule has 1 aromatic heterocycles. The van der Waals surface area contributed by atoms with Gasteiger partial charge < -0.3 is 5.11 Å². The maximum absolute atomic E-state index is 10.3. The summed E-state index contributed by atoms with van der Waals surface area (Å²) in [6.45, 7) is 0. The minimum absolute atomic E-state index is 0.596. The Kier molecular flexibility index (Phi) is 4.72. The third-order valence-electron chi connectivity index (χ3n) is 2.18. The molecule has 0 saturated heterocycles. The van der Waals surface area contributed by atoms with E-state index in [0.717, 1.165) is 23.2 Å². The summed E-state index contributed by atoms with van der Waals surface area (Å²) in [5.41, 5.74) is 1.59. The molecule has 1 N–H and O–H groups in total. The van der Waals surface area contributed by atoms with Crippen molar-refractivity contribution in [2.75, 3.05) is 0 Å². The molecule has 6 heteroatoms. The maximum atomic E-state index is 10.3. The summed E-state index contributed by atoms with van der Waals surface area (Å²) in [5, 5.41) is 10.9. The third kappa shape index (κ3) is 3.33. The van der Waals surface area contributed by atoms with E-state index in [4.69, 9.17) is 11.6 Å². The highest BCUT2D eigenvalue weighted by atomic mass is 79.9. The second kappa shape index (κ2) is 5.72. The van der Waals surface area contributed by atoms with Crippen LogP contribution in [0.2, 0.25) is 5.02 Å². The summed E-state index contributed by atoms with van der Waals surface area (Å²) >= 11 is 17.7. The monoisotopic (exact) mass is 458 g/mol. The molecular weight excluding hydrogens is 455 g/mol. The molecule has 90 valence electrons. The minimum Gasteiger partial charge on any atom is -0.384 e. The van der Waals surface area contributed by atoms with Gasteiger partial charge in [0.2, 0.25) is 0 Å². The molecule has 1 unspecified atom stereocenters. The molecule has 1 atom stereocenters. The van der Waals surface area contributed by atoms with Crippen LogP contribution in [0.3, 0.4) is 0 Å². The molecule has 1 aromatic carbocycles. The molecule has 0 fully saturated rings. The van der Waals surface area contributed by atoms with Gasteiger partial charge >= 0.3 is 0 Å². The predicted octanol–water partition coefficient (Wildman–Crippen LogP) is 5.77. The molecule has 0 spiro atoms. The molecular formula is C11H6Br3ClOS. The van der Waals surface area contributed by atoms with Crippen molar-refractivity contribution < 1.29 is 5.11 Å². The molecule has 1 nitrogen and oxygen atoms in total. The molecule has 0 radical (unpaired) electrons. The van der Waals surface area contributed by atoms with E-state index in [2.05, 4.69) is 47.8 Å². The number of benzene rings is 1. The summed E-state index contributed by atoms with van der Waals surface area (Å²) in [4.78, 5) is 0. The van der Waals surface area contributed by atoms with Crippen LogP contribution in [0.15, 0.2) is 36.3 Å². The van der Waals surface area contributed by atoms with Crippen molar-refractivity contribution in [1.82, 2.24) is 0 Å². The summed E-state index contributed by atoms with van der Waals surface area (Å²) in [5.74, 6) is 0. The summed E-state index contributed by atoms with van der Waals surface area (Å²) in [6, 6.07) is 7.30. The molecule has 0 aliphatic carbocycles. The van der Waals surface area contributed by atoms with E-state index >= 15 is 0 Å². The van der Waals surface area contributed by atoms with Gasteiger partial charge in [0.05, 0.1) is 7.57 Å². The Bertz CT molecular complexity index is 535. The van der Waals surface area contributed by atoms with Crippen molar-refractivity contribution in [3.05, 3.63) is 52.5 Å². The van der Waals surface area contributed by atoms with Gasteiger partial charge in [0.25, 0.3) is 0 Å². The fourth-order valence-electron chi connectivity index (χ4n) is 1.45. The predicted molar refractivity (Wildman–Crippen MR) is 82.9 cm³/mol. The number of rotatable bonds is 2. The zero-order valence-electron chi connectivity index (χ0n) is 8.25. The molecule has 0 saturated carbocycles. The second-order valence-electron chi connectivity index (χ2n) is 3.38. The standard InChI is InChI=1S/C11H6Br3ClOS/c12-6-1-5(2-7(15)3-6)10(16)8-4-9(13)17-11(8)14/h1-4,10,16H. The fraction of sp³-hybridized carbons (Fsp3) is 0.0909. The van der Waals surface area contributed by atoms with Gasteiger partial charge in [0, 0.05) is 15.1 Å². The van der Waals surface area contributed by atoms with E-state index in [1.807, 2.05) is 12.1 Å². The van der Waals surface area contributed by atoms with Crippen molar-refractivity contribution in [2.45, 2.75) is 6.10 Å². The Morgan fingerprint density at radius 1 is 1.12 bits per heavy atom. The number of hydrogen-bond donors (Lipinski definition) is 1. The average Bonchev–Trinajstić information content (AvgIpc) is 2.55. The van der Waals surface area contributed by atoms with E-state index in [0.29, 0.717) is 5.02 Å². The highest BCUT2D eigenvalue weighted by molar-refractivity contribution is 9.12. The molecule has 1 heterocycles. The smallest absolute Gasteiger partial charge is 0.106 e. The van der Waals surface area contributed by atoms with Crippen LogP contribution in [0.1, 0.15) is 17.2 Å². The average molecular weight is 461 g/mol. The Morgan fingerprint density at radius 2 is 1.82 bits per heavy atom. The first-order chi connectivity index (χ1) is 7.97. The van der Waals surface area contributed by atoms with Crippen LogP contribution in [0.25, 0.3) is 0 Å². The minimum atomic E-state index is -0.693. The maximum Gasteiger partial charge on any atom is 0.106 e. The molecule has 2 aromatic rings. The van der Waals surface area contributed by atoms with Crippen molar-refractivity contribution in [3.8, 4) is 0 Å². The van der Waals surface area contributed by atoms with E-state index in [-0.39, 0.29) is 0 Å². The van der Waals surface area contributed by atoms with Gasteiger partial charge in [-0.15, -0.1) is 11.3 Å². The lowest BCUT2D eigenvalue weighted by Gasteiger charge is -2.11. The first kappa shape index (κ1) is 14.0. The van der Waals surface area contributed by atoms with Crippen LogP contribution in [-0.2, 0) is 0 Å². The van der Waals surface area contributed by atoms with Gasteiger partial charge in [0.1, 0.15) is 6.10 Å². The number of aliphatic hydroxyl groups is 1. The van der Waals surface area contributed by atoms with Crippen LogP contribution in [0.5, 0.6) is 0 Å². The van der Waals surface area contributed by atoms with Gasteiger partial charge in [-0.25, -0.2) is 0 Å². The fourth-order valence-corrected chi connectivity index (χ4v) is 5.22. The van der Waals surface area contributed by atoms with E-state index in [9.17, 15) is 5.11 Å². The Balaban J connectivity index is 2.43. The Morgan fingerprint density at radius 3 is 2.35 bits per heavy atom. The lowest BCUT2D eigenvalue weighted by molar-refractivity contribution is 0.220. The Labute approximate surface area is 133 Å². The molecule has 17 heavy (non-hydrogen) atoms. The second-order valence-corrected chi connectivity index (χ2v) is 8.49. The number of thiophene rings is 1. The SMILES string of the molecule is OC(c1cc(Cl)cc(Br)c1)c1cc(Br)sc1Br. The van der Waals surface area contributed by atoms with Crippen molar-refractivity contribution >= 4 is 70.7 Å². The van der Waals surface area contributed by atoms with E-state index in [1.165, 1.54) is 11.3 Å². The highest BCUT2D eigenvalue weighted by Gasteiger charge is 2.17. The quantitative estimate of drug-likeness (QED) is 0.602. The zero-order valence-corrected chi connectivity index (χ0v) is 14.6. The van der Waals surface area contributed by atoms with Gasteiger partial charge in [0.15, 0.2) is 0 Å². The van der Waals surface area contributed by atoms with Gasteiger partial charge in [-0.05, 0) is 61.7 Å².